The van der Waals surface area contributed by atoms with Gasteiger partial charge in [0.25, 0.3) is 0 Å². The number of aryl methyl sites for hydroxylation is 1. The topological polar surface area (TPSA) is 38.1 Å². The smallest absolute Gasteiger partial charge is 0.184 e. The summed E-state index contributed by atoms with van der Waals surface area (Å²) in [5.74, 6) is 0.441. The van der Waals surface area contributed by atoms with Crippen molar-refractivity contribution in [3.05, 3.63) is 54.1 Å². The minimum Gasteiger partial charge on any atom is -0.331 e. The van der Waals surface area contributed by atoms with Crippen molar-refractivity contribution in [1.29, 1.82) is 0 Å². The predicted octanol–water partition coefficient (Wildman–Crippen LogP) is 3.05. The van der Waals surface area contributed by atoms with Crippen LogP contribution in [0.15, 0.2) is 42.9 Å². The maximum Gasteiger partial charge on any atom is 0.184 e. The van der Waals surface area contributed by atoms with Gasteiger partial charge in [-0.3, -0.25) is 9.69 Å². The Morgan fingerprint density at radius 3 is 2.48 bits per heavy atom. The first-order valence-corrected chi connectivity index (χ1v) is 8.52. The number of piperidine rings is 1. The fourth-order valence-corrected chi connectivity index (χ4v) is 4.34. The molecule has 120 valence electrons. The van der Waals surface area contributed by atoms with E-state index in [0.717, 1.165) is 25.1 Å². The summed E-state index contributed by atoms with van der Waals surface area (Å²) in [6.07, 6.45) is 7.87. The second-order valence-electron chi connectivity index (χ2n) is 6.97. The van der Waals surface area contributed by atoms with Crippen molar-refractivity contribution < 1.29 is 4.79 Å². The summed E-state index contributed by atoms with van der Waals surface area (Å²) in [5.41, 5.74) is 2.13. The van der Waals surface area contributed by atoms with E-state index in [1.807, 2.05) is 11.6 Å². The summed E-state index contributed by atoms with van der Waals surface area (Å²) in [4.78, 5) is 19.5. The third-order valence-electron chi connectivity index (χ3n) is 5.53. The monoisotopic (exact) mass is 309 g/mol. The molecular formula is C19H23N3O. The number of rotatable bonds is 4. The summed E-state index contributed by atoms with van der Waals surface area (Å²) in [5, 5.41) is 0. The van der Waals surface area contributed by atoms with Crippen molar-refractivity contribution in [2.75, 3.05) is 0 Å². The summed E-state index contributed by atoms with van der Waals surface area (Å²) < 4.78 is 1.85. The molecule has 4 heteroatoms. The van der Waals surface area contributed by atoms with Gasteiger partial charge in [0.2, 0.25) is 0 Å². The van der Waals surface area contributed by atoms with Crippen molar-refractivity contribution in [2.45, 2.75) is 44.3 Å². The molecule has 3 heterocycles. The Labute approximate surface area is 137 Å². The molecule has 0 spiro atoms. The molecule has 4 rings (SSSR count). The number of nitrogens with zero attached hydrogens (tertiary/aromatic N) is 3. The highest BCUT2D eigenvalue weighted by atomic mass is 16.1. The SMILES string of the molecule is Cn1cncc1C(=O)C1CC2CCC(C1)N2Cc1ccccc1. The van der Waals surface area contributed by atoms with Crippen molar-refractivity contribution in [3.8, 4) is 0 Å². The summed E-state index contributed by atoms with van der Waals surface area (Å²) in [6, 6.07) is 11.8. The van der Waals surface area contributed by atoms with Crippen LogP contribution in [0.25, 0.3) is 0 Å². The number of Topliss-reactive ketones (excluding diaryl/α,β-unsaturated/α-hetero) is 1. The number of benzene rings is 1. The fourth-order valence-electron chi connectivity index (χ4n) is 4.34. The van der Waals surface area contributed by atoms with E-state index >= 15 is 0 Å². The highest BCUT2D eigenvalue weighted by Gasteiger charge is 2.43. The van der Waals surface area contributed by atoms with Crippen molar-refractivity contribution in [2.24, 2.45) is 13.0 Å². The summed E-state index contributed by atoms with van der Waals surface area (Å²) in [6.45, 7) is 1.02. The van der Waals surface area contributed by atoms with Gasteiger partial charge in [-0.25, -0.2) is 4.98 Å². The van der Waals surface area contributed by atoms with E-state index in [9.17, 15) is 4.79 Å². The van der Waals surface area contributed by atoms with E-state index in [0.29, 0.717) is 12.1 Å². The van der Waals surface area contributed by atoms with Crippen LogP contribution in [-0.2, 0) is 13.6 Å². The molecule has 0 saturated carbocycles. The number of hydrogen-bond acceptors (Lipinski definition) is 3. The molecule has 23 heavy (non-hydrogen) atoms. The summed E-state index contributed by atoms with van der Waals surface area (Å²) in [7, 11) is 1.90. The highest BCUT2D eigenvalue weighted by molar-refractivity contribution is 5.96. The van der Waals surface area contributed by atoms with Gasteiger partial charge in [0.1, 0.15) is 5.69 Å². The Morgan fingerprint density at radius 1 is 1.17 bits per heavy atom. The Balaban J connectivity index is 1.47. The minimum atomic E-state index is 0.162. The lowest BCUT2D eigenvalue weighted by atomic mass is 9.86. The lowest BCUT2D eigenvalue weighted by Crippen LogP contribution is -2.44. The van der Waals surface area contributed by atoms with Crippen LogP contribution in [0.3, 0.4) is 0 Å². The van der Waals surface area contributed by atoms with Gasteiger partial charge in [0, 0.05) is 31.6 Å². The molecule has 2 aliphatic rings. The number of carbonyl (C=O) groups excluding carboxylic acids is 1. The molecule has 2 aliphatic heterocycles. The molecule has 2 saturated heterocycles. The van der Waals surface area contributed by atoms with Gasteiger partial charge in [-0.05, 0) is 31.2 Å². The van der Waals surface area contributed by atoms with Crippen LogP contribution in [-0.4, -0.2) is 32.3 Å². The van der Waals surface area contributed by atoms with Crippen molar-refractivity contribution >= 4 is 5.78 Å². The van der Waals surface area contributed by atoms with E-state index in [-0.39, 0.29) is 11.7 Å². The number of fused-ring (bicyclic) bond motifs is 2. The molecule has 1 aromatic heterocycles. The molecule has 2 unspecified atom stereocenters. The van der Waals surface area contributed by atoms with Gasteiger partial charge < -0.3 is 4.57 Å². The number of imidazole rings is 1. The zero-order chi connectivity index (χ0) is 15.8. The van der Waals surface area contributed by atoms with Crippen LogP contribution in [0.2, 0.25) is 0 Å². The maximum absolute atomic E-state index is 12.8. The minimum absolute atomic E-state index is 0.162. The van der Waals surface area contributed by atoms with E-state index < -0.39 is 0 Å². The second-order valence-corrected chi connectivity index (χ2v) is 6.97. The highest BCUT2D eigenvalue weighted by Crippen LogP contribution is 2.40. The number of ketones is 1. The largest absolute Gasteiger partial charge is 0.331 e. The normalized spacial score (nSPS) is 27.3. The Hall–Kier alpha value is -1.94. The van der Waals surface area contributed by atoms with E-state index in [1.54, 1.807) is 12.5 Å². The molecule has 0 aliphatic carbocycles. The van der Waals surface area contributed by atoms with Crippen molar-refractivity contribution in [1.82, 2.24) is 14.5 Å². The molecular weight excluding hydrogens is 286 g/mol. The predicted molar refractivity (Wildman–Crippen MR) is 89.1 cm³/mol. The molecule has 0 radical (unpaired) electrons. The molecule has 2 aromatic rings. The zero-order valence-corrected chi connectivity index (χ0v) is 13.6. The van der Waals surface area contributed by atoms with Gasteiger partial charge in [-0.2, -0.15) is 0 Å². The van der Waals surface area contributed by atoms with Crippen LogP contribution in [0.5, 0.6) is 0 Å². The standard InChI is InChI=1S/C19H23N3O/c1-21-13-20-11-18(21)19(23)15-9-16-7-8-17(10-15)22(16)12-14-5-3-2-4-6-14/h2-6,11,13,15-17H,7-10,12H2,1H3. The van der Waals surface area contributed by atoms with Crippen LogP contribution >= 0.6 is 0 Å². The van der Waals surface area contributed by atoms with E-state index in [1.165, 1.54) is 18.4 Å². The molecule has 2 atom stereocenters. The first kappa shape index (κ1) is 14.6. The number of carbonyl (C=O) groups is 1. The van der Waals surface area contributed by atoms with Crippen LogP contribution in [0, 0.1) is 5.92 Å². The van der Waals surface area contributed by atoms with Crippen LogP contribution in [0.1, 0.15) is 41.7 Å². The molecule has 0 N–H and O–H groups in total. The van der Waals surface area contributed by atoms with Gasteiger partial charge in [-0.1, -0.05) is 30.3 Å². The lowest BCUT2D eigenvalue weighted by molar-refractivity contribution is 0.0671. The molecule has 2 bridgehead atoms. The first-order chi connectivity index (χ1) is 11.2. The quantitative estimate of drug-likeness (QED) is 0.815. The number of aromatic nitrogens is 2. The number of hydrogen-bond donors (Lipinski definition) is 0. The molecule has 1 aromatic carbocycles. The third kappa shape index (κ3) is 2.72. The van der Waals surface area contributed by atoms with Gasteiger partial charge in [-0.15, -0.1) is 0 Å². The average Bonchev–Trinajstić information content (AvgIpc) is 3.07. The van der Waals surface area contributed by atoms with Gasteiger partial charge >= 0.3 is 0 Å². The third-order valence-corrected chi connectivity index (χ3v) is 5.53. The van der Waals surface area contributed by atoms with E-state index in [2.05, 4.69) is 40.2 Å². The molecule has 2 fully saturated rings. The maximum atomic E-state index is 12.8. The van der Waals surface area contributed by atoms with Crippen LogP contribution in [0.4, 0.5) is 0 Å². The van der Waals surface area contributed by atoms with Crippen molar-refractivity contribution in [3.63, 3.8) is 0 Å². The van der Waals surface area contributed by atoms with Gasteiger partial charge in [0.05, 0.1) is 12.5 Å². The van der Waals surface area contributed by atoms with Gasteiger partial charge in [0.15, 0.2) is 5.78 Å². The first-order valence-electron chi connectivity index (χ1n) is 8.52. The average molecular weight is 309 g/mol. The zero-order valence-electron chi connectivity index (χ0n) is 13.6. The molecule has 4 nitrogen and oxygen atoms in total. The van der Waals surface area contributed by atoms with Crippen LogP contribution < -0.4 is 0 Å². The molecule has 0 amide bonds. The lowest BCUT2D eigenvalue weighted by Gasteiger charge is -2.38. The Kier molecular flexibility index (Phi) is 3.77. The Bertz CT molecular complexity index is 680. The summed E-state index contributed by atoms with van der Waals surface area (Å²) >= 11 is 0. The Morgan fingerprint density at radius 2 is 1.87 bits per heavy atom. The second kappa shape index (κ2) is 5.93. The van der Waals surface area contributed by atoms with E-state index in [4.69, 9.17) is 0 Å². The fraction of sp³-hybridized carbons (Fsp3) is 0.474.